The van der Waals surface area contributed by atoms with E-state index in [0.29, 0.717) is 18.5 Å². The molecule has 0 bridgehead atoms. The first-order valence-electron chi connectivity index (χ1n) is 5.35. The van der Waals surface area contributed by atoms with Gasteiger partial charge in [0.15, 0.2) is 0 Å². The van der Waals surface area contributed by atoms with Crippen LogP contribution in [-0.4, -0.2) is 42.8 Å². The first-order valence-corrected chi connectivity index (χ1v) is 6.51. The molecule has 1 fully saturated rings. The molecule has 0 aromatic heterocycles. The summed E-state index contributed by atoms with van der Waals surface area (Å²) in [6.45, 7) is 3.04. The Kier molecular flexibility index (Phi) is 6.05. The Morgan fingerprint density at radius 2 is 2.53 bits per heavy atom. The van der Waals surface area contributed by atoms with Crippen LogP contribution in [0.1, 0.15) is 19.8 Å². The van der Waals surface area contributed by atoms with Crippen molar-refractivity contribution in [2.45, 2.75) is 31.9 Å². The van der Waals surface area contributed by atoms with Crippen LogP contribution in [0.25, 0.3) is 0 Å². The van der Waals surface area contributed by atoms with Crippen LogP contribution in [0.5, 0.6) is 0 Å². The first-order chi connectivity index (χ1) is 7.24. The molecule has 0 radical (unpaired) electrons. The summed E-state index contributed by atoms with van der Waals surface area (Å²) in [6, 6.07) is -0.503. The Balaban J connectivity index is 2.05. The van der Waals surface area contributed by atoms with Crippen molar-refractivity contribution in [3.8, 4) is 0 Å². The van der Waals surface area contributed by atoms with Crippen molar-refractivity contribution in [2.75, 3.05) is 24.7 Å². The van der Waals surface area contributed by atoms with Gasteiger partial charge in [-0.25, -0.2) is 0 Å². The molecular weight excluding hydrogens is 214 g/mol. The van der Waals surface area contributed by atoms with Crippen molar-refractivity contribution >= 4 is 17.7 Å². The van der Waals surface area contributed by atoms with Gasteiger partial charge in [0, 0.05) is 18.1 Å². The third kappa shape index (κ3) is 4.86. The lowest BCUT2D eigenvalue weighted by Crippen LogP contribution is -2.35. The summed E-state index contributed by atoms with van der Waals surface area (Å²) in [4.78, 5) is 11.2. The minimum atomic E-state index is -0.503. The van der Waals surface area contributed by atoms with E-state index in [0.717, 1.165) is 25.2 Å². The molecule has 2 atom stereocenters. The maximum absolute atomic E-state index is 11.2. The normalized spacial score (nSPS) is 22.7. The molecule has 15 heavy (non-hydrogen) atoms. The van der Waals surface area contributed by atoms with Gasteiger partial charge < -0.3 is 15.2 Å². The second kappa shape index (κ2) is 7.09. The van der Waals surface area contributed by atoms with Crippen molar-refractivity contribution in [1.82, 2.24) is 0 Å². The fourth-order valence-electron chi connectivity index (χ4n) is 1.42. The molecule has 0 aromatic rings. The number of hydrogen-bond acceptors (Lipinski definition) is 5. The van der Waals surface area contributed by atoms with Gasteiger partial charge in [0.05, 0.1) is 12.7 Å². The summed E-state index contributed by atoms with van der Waals surface area (Å²) in [5.41, 5.74) is 5.65. The highest BCUT2D eigenvalue weighted by molar-refractivity contribution is 7.99. The van der Waals surface area contributed by atoms with Gasteiger partial charge in [-0.1, -0.05) is 0 Å². The Bertz CT molecular complexity index is 195. The number of thioether (sulfide) groups is 1. The highest BCUT2D eigenvalue weighted by Crippen LogP contribution is 2.17. The molecule has 88 valence electrons. The molecule has 0 spiro atoms. The van der Waals surface area contributed by atoms with Gasteiger partial charge >= 0.3 is 5.97 Å². The molecule has 5 heteroatoms. The Hall–Kier alpha value is -0.260. The van der Waals surface area contributed by atoms with Crippen molar-refractivity contribution in [1.29, 1.82) is 0 Å². The molecule has 0 aromatic carbocycles. The minimum absolute atomic E-state index is 0.308. The van der Waals surface area contributed by atoms with Gasteiger partial charge in [0.1, 0.15) is 6.04 Å². The second-order valence-electron chi connectivity index (χ2n) is 3.53. The lowest BCUT2D eigenvalue weighted by molar-refractivity contribution is -0.144. The van der Waals surface area contributed by atoms with Crippen LogP contribution in [0.15, 0.2) is 0 Å². The van der Waals surface area contributed by atoms with Crippen molar-refractivity contribution in [2.24, 2.45) is 5.73 Å². The molecule has 1 aliphatic rings. The van der Waals surface area contributed by atoms with Gasteiger partial charge in [0.2, 0.25) is 0 Å². The fraction of sp³-hybridized carbons (Fsp3) is 0.900. The number of ether oxygens (including phenoxy) is 2. The molecule has 0 aliphatic carbocycles. The van der Waals surface area contributed by atoms with E-state index in [9.17, 15) is 4.79 Å². The molecule has 2 unspecified atom stereocenters. The number of nitrogens with two attached hydrogens (primary N) is 1. The minimum Gasteiger partial charge on any atom is -0.465 e. The van der Waals surface area contributed by atoms with Crippen molar-refractivity contribution in [3.05, 3.63) is 0 Å². The predicted octanol–water partition coefficient (Wildman–Crippen LogP) is 0.789. The van der Waals surface area contributed by atoms with Gasteiger partial charge in [-0.2, -0.15) is 11.8 Å². The number of carbonyl (C=O) groups is 1. The fourth-order valence-corrected chi connectivity index (χ4v) is 2.47. The molecule has 4 nitrogen and oxygen atoms in total. The largest absolute Gasteiger partial charge is 0.465 e. The summed E-state index contributed by atoms with van der Waals surface area (Å²) in [5.74, 6) is 1.23. The average Bonchev–Trinajstić information content (AvgIpc) is 2.71. The standard InChI is InChI=1S/C10H19NO3S/c1-2-13-10(12)9(11)7-15-6-8-4-3-5-14-8/h8-9H,2-7,11H2,1H3. The van der Waals surface area contributed by atoms with Crippen LogP contribution in [-0.2, 0) is 14.3 Å². The van der Waals surface area contributed by atoms with Gasteiger partial charge in [-0.05, 0) is 19.8 Å². The van der Waals surface area contributed by atoms with Gasteiger partial charge in [0.25, 0.3) is 0 Å². The van der Waals surface area contributed by atoms with E-state index in [-0.39, 0.29) is 5.97 Å². The molecule has 1 saturated heterocycles. The van der Waals surface area contributed by atoms with Gasteiger partial charge in [-0.3, -0.25) is 4.79 Å². The lowest BCUT2D eigenvalue weighted by Gasteiger charge is -2.12. The maximum Gasteiger partial charge on any atom is 0.323 e. The number of carbonyl (C=O) groups excluding carboxylic acids is 1. The third-order valence-electron chi connectivity index (χ3n) is 2.21. The number of esters is 1. The monoisotopic (exact) mass is 233 g/mol. The highest BCUT2D eigenvalue weighted by Gasteiger charge is 2.18. The molecule has 1 aliphatic heterocycles. The lowest BCUT2D eigenvalue weighted by atomic mass is 10.3. The summed E-state index contributed by atoms with van der Waals surface area (Å²) in [7, 11) is 0. The Morgan fingerprint density at radius 1 is 1.73 bits per heavy atom. The summed E-state index contributed by atoms with van der Waals surface area (Å²) < 4.78 is 10.3. The Morgan fingerprint density at radius 3 is 3.13 bits per heavy atom. The molecule has 1 heterocycles. The van der Waals surface area contributed by atoms with Crippen molar-refractivity contribution < 1.29 is 14.3 Å². The molecule has 1 rings (SSSR count). The predicted molar refractivity (Wildman–Crippen MR) is 60.9 cm³/mol. The van der Waals surface area contributed by atoms with Crippen LogP contribution in [0.3, 0.4) is 0 Å². The molecule has 2 N–H and O–H groups in total. The van der Waals surface area contributed by atoms with E-state index >= 15 is 0 Å². The van der Waals surface area contributed by atoms with E-state index in [1.165, 1.54) is 0 Å². The third-order valence-corrected chi connectivity index (χ3v) is 3.42. The smallest absolute Gasteiger partial charge is 0.323 e. The van der Waals surface area contributed by atoms with Crippen LogP contribution in [0.4, 0.5) is 0 Å². The zero-order valence-electron chi connectivity index (χ0n) is 9.11. The summed E-state index contributed by atoms with van der Waals surface area (Å²) >= 11 is 1.66. The molecular formula is C10H19NO3S. The molecule has 0 saturated carbocycles. The van der Waals surface area contributed by atoms with Crippen LogP contribution in [0, 0.1) is 0 Å². The maximum atomic E-state index is 11.2. The van der Waals surface area contributed by atoms with E-state index < -0.39 is 6.04 Å². The first kappa shape index (κ1) is 12.8. The number of hydrogen-bond donors (Lipinski definition) is 1. The second-order valence-corrected chi connectivity index (χ2v) is 4.61. The SMILES string of the molecule is CCOC(=O)C(N)CSCC1CCCO1. The van der Waals surface area contributed by atoms with Crippen LogP contribution >= 0.6 is 11.8 Å². The van der Waals surface area contributed by atoms with E-state index in [1.54, 1.807) is 18.7 Å². The van der Waals surface area contributed by atoms with Gasteiger partial charge in [-0.15, -0.1) is 0 Å². The Labute approximate surface area is 94.9 Å². The zero-order chi connectivity index (χ0) is 11.1. The quantitative estimate of drug-likeness (QED) is 0.687. The summed E-state index contributed by atoms with van der Waals surface area (Å²) in [6.07, 6.45) is 2.63. The molecule has 0 amide bonds. The number of rotatable bonds is 6. The average molecular weight is 233 g/mol. The zero-order valence-corrected chi connectivity index (χ0v) is 9.92. The van der Waals surface area contributed by atoms with Crippen molar-refractivity contribution in [3.63, 3.8) is 0 Å². The van der Waals surface area contributed by atoms with Crippen LogP contribution in [0.2, 0.25) is 0 Å². The van der Waals surface area contributed by atoms with E-state index in [4.69, 9.17) is 15.2 Å². The topological polar surface area (TPSA) is 61.5 Å². The summed E-state index contributed by atoms with van der Waals surface area (Å²) in [5, 5.41) is 0. The van der Waals surface area contributed by atoms with Crippen LogP contribution < -0.4 is 5.73 Å². The highest BCUT2D eigenvalue weighted by atomic mass is 32.2. The van der Waals surface area contributed by atoms with E-state index in [1.807, 2.05) is 0 Å². The van der Waals surface area contributed by atoms with E-state index in [2.05, 4.69) is 0 Å².